The number of carbonyl (C=O) groups is 1. The maximum atomic E-state index is 10.7. The van der Waals surface area contributed by atoms with Crippen LogP contribution in [0.25, 0.3) is 0 Å². The van der Waals surface area contributed by atoms with E-state index in [1.54, 1.807) is 18.2 Å². The second-order valence-electron chi connectivity index (χ2n) is 4.48. The predicted octanol–water partition coefficient (Wildman–Crippen LogP) is 1.47. The van der Waals surface area contributed by atoms with Gasteiger partial charge in [0.25, 0.3) is 0 Å². The standard InChI is InChI=1S/C15H21N3O3/c1-3-21-14-7-4-6-12(15(14)20)13(10-16)18-9-5-8-17-11(2)19/h4,6-7,13,18,20H,3,5,8-9H2,1-2H3,(H,17,19). The number of amides is 1. The molecular weight excluding hydrogens is 270 g/mol. The van der Waals surface area contributed by atoms with E-state index in [-0.39, 0.29) is 11.7 Å². The number of aromatic hydroxyl groups is 1. The van der Waals surface area contributed by atoms with E-state index in [1.165, 1.54) is 6.92 Å². The van der Waals surface area contributed by atoms with Gasteiger partial charge in [-0.25, -0.2) is 0 Å². The first-order valence-corrected chi connectivity index (χ1v) is 6.92. The molecular formula is C15H21N3O3. The smallest absolute Gasteiger partial charge is 0.216 e. The van der Waals surface area contributed by atoms with E-state index in [2.05, 4.69) is 16.7 Å². The maximum absolute atomic E-state index is 10.7. The second kappa shape index (κ2) is 8.82. The van der Waals surface area contributed by atoms with E-state index >= 15 is 0 Å². The highest BCUT2D eigenvalue weighted by Crippen LogP contribution is 2.33. The van der Waals surface area contributed by atoms with Crippen molar-refractivity contribution in [3.63, 3.8) is 0 Å². The zero-order valence-electron chi connectivity index (χ0n) is 12.3. The summed E-state index contributed by atoms with van der Waals surface area (Å²) >= 11 is 0. The van der Waals surface area contributed by atoms with Gasteiger partial charge in [-0.05, 0) is 26.0 Å². The third-order valence-electron chi connectivity index (χ3n) is 2.85. The molecule has 1 amide bonds. The highest BCUT2D eigenvalue weighted by atomic mass is 16.5. The van der Waals surface area contributed by atoms with Crippen LogP contribution >= 0.6 is 0 Å². The molecule has 0 heterocycles. The van der Waals surface area contributed by atoms with Gasteiger partial charge in [0.05, 0.1) is 12.7 Å². The van der Waals surface area contributed by atoms with Crippen molar-refractivity contribution in [2.24, 2.45) is 0 Å². The van der Waals surface area contributed by atoms with Gasteiger partial charge < -0.3 is 15.2 Å². The average molecular weight is 291 g/mol. The molecule has 6 heteroatoms. The molecule has 0 saturated heterocycles. The van der Waals surface area contributed by atoms with Gasteiger partial charge in [-0.1, -0.05) is 12.1 Å². The Labute approximate surface area is 124 Å². The number of phenols is 1. The van der Waals surface area contributed by atoms with Crippen molar-refractivity contribution in [2.45, 2.75) is 26.3 Å². The van der Waals surface area contributed by atoms with Crippen LogP contribution in [0.2, 0.25) is 0 Å². The summed E-state index contributed by atoms with van der Waals surface area (Å²) in [6.45, 7) is 4.83. The number of para-hydroxylation sites is 1. The number of nitrogens with one attached hydrogen (secondary N) is 2. The van der Waals surface area contributed by atoms with E-state index in [0.29, 0.717) is 37.4 Å². The van der Waals surface area contributed by atoms with Gasteiger partial charge >= 0.3 is 0 Å². The van der Waals surface area contributed by atoms with Crippen LogP contribution in [0.15, 0.2) is 18.2 Å². The Hall–Kier alpha value is -2.26. The Morgan fingerprint density at radius 3 is 2.86 bits per heavy atom. The highest BCUT2D eigenvalue weighted by molar-refractivity contribution is 5.72. The van der Waals surface area contributed by atoms with Crippen molar-refractivity contribution in [3.8, 4) is 17.6 Å². The fraction of sp³-hybridized carbons (Fsp3) is 0.467. The first-order chi connectivity index (χ1) is 10.1. The number of phenolic OH excluding ortho intramolecular Hbond substituents is 1. The number of carbonyl (C=O) groups excluding carboxylic acids is 1. The van der Waals surface area contributed by atoms with Gasteiger partial charge in [0.1, 0.15) is 6.04 Å². The molecule has 0 aliphatic carbocycles. The molecule has 0 radical (unpaired) electrons. The summed E-state index contributed by atoms with van der Waals surface area (Å²) in [5, 5.41) is 25.1. The van der Waals surface area contributed by atoms with Gasteiger partial charge in [-0.15, -0.1) is 0 Å². The molecule has 1 atom stereocenters. The minimum Gasteiger partial charge on any atom is -0.504 e. The van der Waals surface area contributed by atoms with E-state index in [9.17, 15) is 15.2 Å². The molecule has 1 unspecified atom stereocenters. The molecule has 0 fully saturated rings. The Morgan fingerprint density at radius 2 is 2.24 bits per heavy atom. The SMILES string of the molecule is CCOc1cccc(C(C#N)NCCCNC(C)=O)c1O. The fourth-order valence-corrected chi connectivity index (χ4v) is 1.87. The van der Waals surface area contributed by atoms with Crippen LogP contribution in [0.5, 0.6) is 11.5 Å². The summed E-state index contributed by atoms with van der Waals surface area (Å²) in [7, 11) is 0. The molecule has 114 valence electrons. The summed E-state index contributed by atoms with van der Waals surface area (Å²) in [6, 6.07) is 6.58. The normalized spacial score (nSPS) is 11.5. The maximum Gasteiger partial charge on any atom is 0.216 e. The van der Waals surface area contributed by atoms with Crippen LogP contribution in [0, 0.1) is 11.3 Å². The minimum absolute atomic E-state index is 0.0136. The number of rotatable bonds is 8. The molecule has 1 rings (SSSR count). The van der Waals surface area contributed by atoms with Crippen molar-refractivity contribution in [1.29, 1.82) is 5.26 Å². The quantitative estimate of drug-likeness (QED) is 0.631. The van der Waals surface area contributed by atoms with Gasteiger partial charge in [0, 0.05) is 19.0 Å². The molecule has 0 aliphatic rings. The van der Waals surface area contributed by atoms with Gasteiger partial charge in [-0.3, -0.25) is 10.1 Å². The largest absolute Gasteiger partial charge is 0.504 e. The van der Waals surface area contributed by atoms with Crippen molar-refractivity contribution in [2.75, 3.05) is 19.7 Å². The van der Waals surface area contributed by atoms with Crippen LogP contribution in [0.3, 0.4) is 0 Å². The Kier molecular flexibility index (Phi) is 7.05. The van der Waals surface area contributed by atoms with Crippen molar-refractivity contribution in [3.05, 3.63) is 23.8 Å². The summed E-state index contributed by atoms with van der Waals surface area (Å²) in [5.74, 6) is 0.282. The van der Waals surface area contributed by atoms with Crippen molar-refractivity contribution < 1.29 is 14.6 Å². The number of hydrogen-bond donors (Lipinski definition) is 3. The lowest BCUT2D eigenvalue weighted by molar-refractivity contribution is -0.118. The van der Waals surface area contributed by atoms with Crippen molar-refractivity contribution >= 4 is 5.91 Å². The first kappa shape index (κ1) is 16.8. The summed E-state index contributed by atoms with van der Waals surface area (Å²) in [4.78, 5) is 10.7. The van der Waals surface area contributed by atoms with E-state index in [4.69, 9.17) is 4.74 Å². The average Bonchev–Trinajstić information content (AvgIpc) is 2.46. The molecule has 0 spiro atoms. The topological polar surface area (TPSA) is 94.4 Å². The summed E-state index contributed by atoms with van der Waals surface area (Å²) < 4.78 is 5.31. The first-order valence-electron chi connectivity index (χ1n) is 6.92. The molecule has 0 bridgehead atoms. The van der Waals surface area contributed by atoms with Gasteiger partial charge in [0.15, 0.2) is 11.5 Å². The molecule has 1 aromatic carbocycles. The fourth-order valence-electron chi connectivity index (χ4n) is 1.87. The third kappa shape index (κ3) is 5.32. The molecule has 3 N–H and O–H groups in total. The summed E-state index contributed by atoms with van der Waals surface area (Å²) in [5.41, 5.74) is 0.489. The van der Waals surface area contributed by atoms with Crippen LogP contribution in [-0.4, -0.2) is 30.7 Å². The molecule has 0 saturated carbocycles. The number of ether oxygens (including phenoxy) is 1. The zero-order chi connectivity index (χ0) is 15.7. The van der Waals surface area contributed by atoms with Crippen LogP contribution in [-0.2, 0) is 4.79 Å². The molecule has 1 aromatic rings. The molecule has 0 aliphatic heterocycles. The monoisotopic (exact) mass is 291 g/mol. The Morgan fingerprint density at radius 1 is 1.48 bits per heavy atom. The van der Waals surface area contributed by atoms with E-state index in [1.807, 2.05) is 6.92 Å². The third-order valence-corrected chi connectivity index (χ3v) is 2.85. The van der Waals surface area contributed by atoms with Gasteiger partial charge in [-0.2, -0.15) is 5.26 Å². The van der Waals surface area contributed by atoms with Gasteiger partial charge in [0.2, 0.25) is 5.91 Å². The molecule has 21 heavy (non-hydrogen) atoms. The lowest BCUT2D eigenvalue weighted by atomic mass is 10.1. The van der Waals surface area contributed by atoms with Crippen LogP contribution < -0.4 is 15.4 Å². The number of benzene rings is 1. The molecule has 6 nitrogen and oxygen atoms in total. The highest BCUT2D eigenvalue weighted by Gasteiger charge is 2.17. The second-order valence-corrected chi connectivity index (χ2v) is 4.48. The zero-order valence-corrected chi connectivity index (χ0v) is 12.3. The predicted molar refractivity (Wildman–Crippen MR) is 78.9 cm³/mol. The van der Waals surface area contributed by atoms with Crippen LogP contribution in [0.4, 0.5) is 0 Å². The van der Waals surface area contributed by atoms with E-state index in [0.717, 1.165) is 0 Å². The van der Waals surface area contributed by atoms with Crippen LogP contribution in [0.1, 0.15) is 31.9 Å². The lowest BCUT2D eigenvalue weighted by Crippen LogP contribution is -2.27. The number of nitriles is 1. The minimum atomic E-state index is -0.622. The number of nitrogens with zero attached hydrogens (tertiary/aromatic N) is 1. The lowest BCUT2D eigenvalue weighted by Gasteiger charge is -2.15. The number of hydrogen-bond acceptors (Lipinski definition) is 5. The molecule has 0 aromatic heterocycles. The van der Waals surface area contributed by atoms with E-state index < -0.39 is 6.04 Å². The van der Waals surface area contributed by atoms with Crippen molar-refractivity contribution in [1.82, 2.24) is 10.6 Å². The Bertz CT molecular complexity index is 511. The summed E-state index contributed by atoms with van der Waals surface area (Å²) in [6.07, 6.45) is 0.698. The Balaban J connectivity index is 2.62.